The molecule has 0 atom stereocenters. The molecule has 4 aromatic rings. The second kappa shape index (κ2) is 5.93. The van der Waals surface area contributed by atoms with E-state index < -0.39 is 0 Å². The average molecular weight is 346 g/mol. The van der Waals surface area contributed by atoms with Crippen LogP contribution < -0.4 is 0 Å². The Morgan fingerprint density at radius 2 is 1.80 bits per heavy atom. The highest BCUT2D eigenvalue weighted by Crippen LogP contribution is 2.39. The van der Waals surface area contributed by atoms with Gasteiger partial charge in [-0.05, 0) is 42.8 Å². The van der Waals surface area contributed by atoms with Crippen molar-refractivity contribution in [2.45, 2.75) is 28.9 Å². The zero-order chi connectivity index (χ0) is 16.6. The Kier molecular flexibility index (Phi) is 3.45. The van der Waals surface area contributed by atoms with Gasteiger partial charge in [0, 0.05) is 29.3 Å². The molecule has 1 aliphatic rings. The highest BCUT2D eigenvalue weighted by atomic mass is 32.2. The zero-order valence-corrected chi connectivity index (χ0v) is 14.1. The van der Waals surface area contributed by atoms with Crippen molar-refractivity contribution in [1.82, 2.24) is 30.1 Å². The van der Waals surface area contributed by atoms with Crippen LogP contribution in [0.5, 0.6) is 0 Å². The van der Waals surface area contributed by atoms with E-state index in [4.69, 9.17) is 9.97 Å². The van der Waals surface area contributed by atoms with E-state index in [0.717, 1.165) is 27.3 Å². The van der Waals surface area contributed by atoms with Crippen molar-refractivity contribution in [3.8, 4) is 11.4 Å². The van der Waals surface area contributed by atoms with E-state index in [9.17, 15) is 0 Å². The van der Waals surface area contributed by atoms with Crippen molar-refractivity contribution in [2.24, 2.45) is 0 Å². The number of para-hydroxylation sites is 1. The summed E-state index contributed by atoms with van der Waals surface area (Å²) < 4.78 is 0. The van der Waals surface area contributed by atoms with E-state index in [1.54, 1.807) is 12.4 Å². The quantitative estimate of drug-likeness (QED) is 0.566. The molecule has 0 spiro atoms. The molecule has 25 heavy (non-hydrogen) atoms. The summed E-state index contributed by atoms with van der Waals surface area (Å²) in [6.07, 6.45) is 5.89. The third kappa shape index (κ3) is 2.87. The molecule has 6 nitrogen and oxygen atoms in total. The normalized spacial score (nSPS) is 14.1. The molecule has 0 bridgehead atoms. The number of hydrogen-bond donors (Lipinski definition) is 1. The van der Waals surface area contributed by atoms with Crippen LogP contribution >= 0.6 is 11.8 Å². The molecule has 1 N–H and O–H groups in total. The van der Waals surface area contributed by atoms with E-state index in [0.29, 0.717) is 16.9 Å². The van der Waals surface area contributed by atoms with Gasteiger partial charge < -0.3 is 0 Å². The maximum atomic E-state index is 4.77. The lowest BCUT2D eigenvalue weighted by Crippen LogP contribution is -1.94. The van der Waals surface area contributed by atoms with Crippen LogP contribution in [0.1, 0.15) is 24.6 Å². The number of hydrogen-bond acceptors (Lipinski definition) is 6. The van der Waals surface area contributed by atoms with Crippen molar-refractivity contribution in [3.63, 3.8) is 0 Å². The van der Waals surface area contributed by atoms with Crippen LogP contribution in [0, 0.1) is 0 Å². The molecule has 0 aliphatic heterocycles. The van der Waals surface area contributed by atoms with E-state index in [1.165, 1.54) is 24.6 Å². The molecule has 1 fully saturated rings. The lowest BCUT2D eigenvalue weighted by atomic mass is 10.2. The van der Waals surface area contributed by atoms with Gasteiger partial charge in [0.15, 0.2) is 5.82 Å². The molecule has 0 amide bonds. The van der Waals surface area contributed by atoms with Crippen LogP contribution in [0.4, 0.5) is 0 Å². The Hall–Kier alpha value is -2.80. The number of rotatable bonds is 4. The predicted octanol–water partition coefficient (Wildman–Crippen LogP) is 3.84. The third-order valence-electron chi connectivity index (χ3n) is 4.14. The van der Waals surface area contributed by atoms with Gasteiger partial charge in [-0.15, -0.1) is 5.10 Å². The Labute approximate surface area is 148 Å². The molecule has 3 heterocycles. The lowest BCUT2D eigenvalue weighted by Gasteiger charge is -2.07. The molecule has 0 unspecified atom stereocenters. The first-order chi connectivity index (χ1) is 12.4. The largest absolute Gasteiger partial charge is 0.265 e. The first kappa shape index (κ1) is 14.5. The van der Waals surface area contributed by atoms with Crippen molar-refractivity contribution in [1.29, 1.82) is 0 Å². The van der Waals surface area contributed by atoms with Crippen molar-refractivity contribution in [3.05, 3.63) is 54.6 Å². The molecule has 0 saturated heterocycles. The van der Waals surface area contributed by atoms with E-state index in [-0.39, 0.29) is 0 Å². The van der Waals surface area contributed by atoms with Gasteiger partial charge in [0.1, 0.15) is 10.9 Å². The summed E-state index contributed by atoms with van der Waals surface area (Å²) >= 11 is 1.47. The summed E-state index contributed by atoms with van der Waals surface area (Å²) in [4.78, 5) is 18.1. The number of H-pyrrole nitrogens is 1. The Morgan fingerprint density at radius 3 is 2.64 bits per heavy atom. The maximum absolute atomic E-state index is 4.77. The highest BCUT2D eigenvalue weighted by molar-refractivity contribution is 7.99. The van der Waals surface area contributed by atoms with E-state index in [1.807, 2.05) is 36.4 Å². The smallest absolute Gasteiger partial charge is 0.214 e. The number of benzene rings is 1. The molecule has 1 aliphatic carbocycles. The Bertz CT molecular complexity index is 1040. The van der Waals surface area contributed by atoms with Gasteiger partial charge in [-0.25, -0.2) is 15.0 Å². The van der Waals surface area contributed by atoms with Crippen LogP contribution in [0.3, 0.4) is 0 Å². The van der Waals surface area contributed by atoms with Gasteiger partial charge in [0.25, 0.3) is 0 Å². The molecular weight excluding hydrogens is 332 g/mol. The van der Waals surface area contributed by atoms with E-state index in [2.05, 4.69) is 20.2 Å². The van der Waals surface area contributed by atoms with Crippen LogP contribution in [0.15, 0.2) is 59.0 Å². The summed E-state index contributed by atoms with van der Waals surface area (Å²) in [5.41, 5.74) is 1.85. The van der Waals surface area contributed by atoms with Gasteiger partial charge in [0.05, 0.1) is 5.52 Å². The maximum Gasteiger partial charge on any atom is 0.214 e. The second-order valence-electron chi connectivity index (χ2n) is 5.98. The molecule has 7 heteroatoms. The molecular formula is C18H14N6S. The highest BCUT2D eigenvalue weighted by Gasteiger charge is 2.27. The number of fused-ring (bicyclic) bond motifs is 1. The summed E-state index contributed by atoms with van der Waals surface area (Å²) in [5, 5.41) is 9.95. The Morgan fingerprint density at radius 1 is 0.960 bits per heavy atom. The van der Waals surface area contributed by atoms with Crippen LogP contribution in [-0.2, 0) is 0 Å². The minimum Gasteiger partial charge on any atom is -0.265 e. The molecule has 1 aromatic carbocycles. The zero-order valence-electron chi connectivity index (χ0n) is 13.3. The fourth-order valence-corrected chi connectivity index (χ4v) is 3.51. The average Bonchev–Trinajstić information content (AvgIpc) is 3.42. The molecule has 3 aromatic heterocycles. The summed E-state index contributed by atoms with van der Waals surface area (Å²) in [7, 11) is 0. The SMILES string of the molecule is c1ccc2c(Sc3n[nH]c(C4CC4)n3)nc(-c3ccncc3)nc2c1. The second-order valence-corrected chi connectivity index (χ2v) is 6.94. The minimum absolute atomic E-state index is 0.552. The van der Waals surface area contributed by atoms with Gasteiger partial charge in [-0.3, -0.25) is 10.1 Å². The minimum atomic E-state index is 0.552. The standard InChI is InChI=1S/C18H14N6S/c1-2-4-14-13(3-1)17(21-15(20-14)12-7-9-19-10-8-12)25-18-22-16(23-24-18)11-5-6-11/h1-4,7-11H,5-6H2,(H,22,23,24). The van der Waals surface area contributed by atoms with Crippen molar-refractivity contribution in [2.75, 3.05) is 0 Å². The van der Waals surface area contributed by atoms with Crippen LogP contribution in [0.2, 0.25) is 0 Å². The summed E-state index contributed by atoms with van der Waals surface area (Å²) in [6, 6.07) is 11.8. The molecule has 1 saturated carbocycles. The molecule has 122 valence electrons. The summed E-state index contributed by atoms with van der Waals surface area (Å²) in [5.74, 6) is 2.22. The fourth-order valence-electron chi connectivity index (χ4n) is 2.68. The van der Waals surface area contributed by atoms with Crippen molar-refractivity contribution < 1.29 is 0 Å². The Balaban J connectivity index is 1.59. The van der Waals surface area contributed by atoms with E-state index >= 15 is 0 Å². The number of aromatic amines is 1. The number of nitrogens with zero attached hydrogens (tertiary/aromatic N) is 5. The number of pyridine rings is 1. The molecule has 5 rings (SSSR count). The predicted molar refractivity (Wildman–Crippen MR) is 95.2 cm³/mol. The number of aromatic nitrogens is 6. The van der Waals surface area contributed by atoms with Crippen LogP contribution in [-0.4, -0.2) is 30.1 Å². The lowest BCUT2D eigenvalue weighted by molar-refractivity contribution is 0.931. The topological polar surface area (TPSA) is 80.2 Å². The van der Waals surface area contributed by atoms with Crippen molar-refractivity contribution >= 4 is 22.7 Å². The van der Waals surface area contributed by atoms with Gasteiger partial charge in [-0.1, -0.05) is 18.2 Å². The fraction of sp³-hybridized carbons (Fsp3) is 0.167. The summed E-state index contributed by atoms with van der Waals surface area (Å²) in [6.45, 7) is 0. The first-order valence-corrected chi connectivity index (χ1v) is 8.96. The van der Waals surface area contributed by atoms with Gasteiger partial charge in [0.2, 0.25) is 5.16 Å². The van der Waals surface area contributed by atoms with Crippen LogP contribution in [0.25, 0.3) is 22.3 Å². The number of nitrogens with one attached hydrogen (secondary N) is 1. The first-order valence-electron chi connectivity index (χ1n) is 8.14. The van der Waals surface area contributed by atoms with Gasteiger partial charge >= 0.3 is 0 Å². The monoisotopic (exact) mass is 346 g/mol. The van der Waals surface area contributed by atoms with Gasteiger partial charge in [-0.2, -0.15) is 0 Å². The third-order valence-corrected chi connectivity index (χ3v) is 5.01. The molecule has 0 radical (unpaired) electrons.